The predicted octanol–water partition coefficient (Wildman–Crippen LogP) is 6.29. The van der Waals surface area contributed by atoms with Gasteiger partial charge in [0.05, 0.1) is 0 Å². The molecule has 1 fully saturated rings. The molecule has 0 spiro atoms. The molecule has 1 saturated carbocycles. The summed E-state index contributed by atoms with van der Waals surface area (Å²) in [5, 5.41) is 6.21. The summed E-state index contributed by atoms with van der Waals surface area (Å²) >= 11 is 6.07. The zero-order valence-electron chi connectivity index (χ0n) is 19.8. The summed E-state index contributed by atoms with van der Waals surface area (Å²) in [5.74, 6) is -0.0434. The van der Waals surface area contributed by atoms with E-state index in [1.54, 1.807) is 4.90 Å². The van der Waals surface area contributed by atoms with Crippen molar-refractivity contribution in [3.8, 4) is 0 Å². The van der Waals surface area contributed by atoms with Gasteiger partial charge in [-0.2, -0.15) is 0 Å². The number of amides is 2. The van der Waals surface area contributed by atoms with Gasteiger partial charge in [-0.05, 0) is 59.7 Å². The van der Waals surface area contributed by atoms with Crippen LogP contribution in [0.2, 0.25) is 5.02 Å². The Morgan fingerprint density at radius 3 is 2.44 bits per heavy atom. The molecule has 0 heterocycles. The standard InChI is InChI=1S/C29H33ClN2O2/c1-2-27(29(34)31-25-11-4-5-12-25)32(20-21-14-17-24(30)18-15-21)28(33)19-16-23-10-7-9-22-8-3-6-13-26(22)23/h3,6-10,13-15,17-18,25,27H,2,4-5,11-12,16,19-20H2,1H3,(H,31,34)/t27-/m1/s1. The molecular weight excluding hydrogens is 444 g/mol. The Labute approximate surface area is 207 Å². The molecule has 4 nitrogen and oxygen atoms in total. The Balaban J connectivity index is 1.53. The SMILES string of the molecule is CC[C@H](C(=O)NC1CCCC1)N(Cc1ccc(Cl)cc1)C(=O)CCc1cccc2ccccc12. The van der Waals surface area contributed by atoms with E-state index in [1.165, 1.54) is 10.8 Å². The van der Waals surface area contributed by atoms with Crippen molar-refractivity contribution in [2.24, 2.45) is 0 Å². The fraction of sp³-hybridized carbons (Fsp3) is 0.379. The fourth-order valence-electron chi connectivity index (χ4n) is 4.97. The fourth-order valence-corrected chi connectivity index (χ4v) is 5.10. The van der Waals surface area contributed by atoms with E-state index < -0.39 is 6.04 Å². The molecule has 4 rings (SSSR count). The predicted molar refractivity (Wildman–Crippen MR) is 139 cm³/mol. The number of rotatable bonds is 9. The monoisotopic (exact) mass is 476 g/mol. The normalized spacial score (nSPS) is 14.8. The quantitative estimate of drug-likeness (QED) is 0.394. The molecule has 1 atom stereocenters. The van der Waals surface area contributed by atoms with Gasteiger partial charge in [0.2, 0.25) is 11.8 Å². The summed E-state index contributed by atoms with van der Waals surface area (Å²) in [6.07, 6.45) is 5.92. The molecule has 178 valence electrons. The van der Waals surface area contributed by atoms with Gasteiger partial charge in [-0.25, -0.2) is 0 Å². The highest BCUT2D eigenvalue weighted by molar-refractivity contribution is 6.30. The van der Waals surface area contributed by atoms with Crippen molar-refractivity contribution in [2.45, 2.75) is 70.5 Å². The maximum atomic E-state index is 13.6. The van der Waals surface area contributed by atoms with E-state index in [9.17, 15) is 9.59 Å². The van der Waals surface area contributed by atoms with E-state index in [0.29, 0.717) is 30.8 Å². The van der Waals surface area contributed by atoms with Crippen LogP contribution in [0.15, 0.2) is 66.7 Å². The van der Waals surface area contributed by atoms with Crippen LogP contribution in [0.1, 0.15) is 56.6 Å². The molecule has 0 saturated heterocycles. The van der Waals surface area contributed by atoms with Crippen molar-refractivity contribution in [3.63, 3.8) is 0 Å². The van der Waals surface area contributed by atoms with E-state index in [1.807, 2.05) is 49.4 Å². The van der Waals surface area contributed by atoms with Crippen LogP contribution in [0.3, 0.4) is 0 Å². The lowest BCUT2D eigenvalue weighted by Crippen LogP contribution is -2.51. The summed E-state index contributed by atoms with van der Waals surface area (Å²) in [6.45, 7) is 2.37. The minimum atomic E-state index is -0.490. The van der Waals surface area contributed by atoms with Crippen LogP contribution in [-0.4, -0.2) is 28.8 Å². The third-order valence-electron chi connectivity index (χ3n) is 6.84. The van der Waals surface area contributed by atoms with E-state index in [4.69, 9.17) is 11.6 Å². The lowest BCUT2D eigenvalue weighted by molar-refractivity contribution is -0.141. The minimum absolute atomic E-state index is 0.00342. The average Bonchev–Trinajstić information content (AvgIpc) is 3.36. The van der Waals surface area contributed by atoms with E-state index in [0.717, 1.165) is 36.8 Å². The van der Waals surface area contributed by atoms with Gasteiger partial charge in [0, 0.05) is 24.0 Å². The molecule has 1 aliphatic rings. The van der Waals surface area contributed by atoms with Crippen molar-refractivity contribution in [3.05, 3.63) is 82.9 Å². The number of halogens is 1. The molecule has 34 heavy (non-hydrogen) atoms. The molecule has 0 aliphatic heterocycles. The van der Waals surface area contributed by atoms with Gasteiger partial charge in [-0.1, -0.05) is 86.0 Å². The number of carbonyl (C=O) groups is 2. The van der Waals surface area contributed by atoms with Crippen LogP contribution in [-0.2, 0) is 22.6 Å². The first-order chi connectivity index (χ1) is 16.5. The third kappa shape index (κ3) is 5.98. The summed E-state index contributed by atoms with van der Waals surface area (Å²) < 4.78 is 0. The minimum Gasteiger partial charge on any atom is -0.352 e. The molecule has 3 aromatic rings. The molecule has 5 heteroatoms. The first-order valence-corrected chi connectivity index (χ1v) is 12.7. The molecular formula is C29H33ClN2O2. The van der Waals surface area contributed by atoms with Crippen molar-refractivity contribution in [1.29, 1.82) is 0 Å². The Morgan fingerprint density at radius 2 is 1.71 bits per heavy atom. The van der Waals surface area contributed by atoms with Crippen LogP contribution < -0.4 is 5.32 Å². The molecule has 1 aliphatic carbocycles. The number of carbonyl (C=O) groups excluding carboxylic acids is 2. The Kier molecular flexibility index (Phi) is 8.23. The summed E-state index contributed by atoms with van der Waals surface area (Å²) in [6, 6.07) is 21.7. The Morgan fingerprint density at radius 1 is 1.00 bits per heavy atom. The second-order valence-electron chi connectivity index (χ2n) is 9.20. The molecule has 0 radical (unpaired) electrons. The Hall–Kier alpha value is -2.85. The summed E-state index contributed by atoms with van der Waals surface area (Å²) in [4.78, 5) is 28.6. The first-order valence-electron chi connectivity index (χ1n) is 12.4. The molecule has 0 bridgehead atoms. The van der Waals surface area contributed by atoms with Gasteiger partial charge in [0.25, 0.3) is 0 Å². The number of hydrogen-bond donors (Lipinski definition) is 1. The van der Waals surface area contributed by atoms with E-state index >= 15 is 0 Å². The molecule has 2 amide bonds. The van der Waals surface area contributed by atoms with E-state index in [-0.39, 0.29) is 17.9 Å². The summed E-state index contributed by atoms with van der Waals surface area (Å²) in [7, 11) is 0. The van der Waals surface area contributed by atoms with Gasteiger partial charge in [0.15, 0.2) is 0 Å². The highest BCUT2D eigenvalue weighted by Gasteiger charge is 2.30. The highest BCUT2D eigenvalue weighted by atomic mass is 35.5. The molecule has 0 aromatic heterocycles. The number of aryl methyl sites for hydroxylation is 1. The second kappa shape index (κ2) is 11.5. The van der Waals surface area contributed by atoms with Crippen LogP contribution >= 0.6 is 11.6 Å². The lowest BCUT2D eigenvalue weighted by atomic mass is 10.00. The van der Waals surface area contributed by atoms with Crippen LogP contribution in [0.25, 0.3) is 10.8 Å². The van der Waals surface area contributed by atoms with Crippen molar-refractivity contribution < 1.29 is 9.59 Å². The highest BCUT2D eigenvalue weighted by Crippen LogP contribution is 2.23. The van der Waals surface area contributed by atoms with E-state index in [2.05, 4.69) is 29.6 Å². The topological polar surface area (TPSA) is 49.4 Å². The zero-order valence-corrected chi connectivity index (χ0v) is 20.6. The van der Waals surface area contributed by atoms with Gasteiger partial charge >= 0.3 is 0 Å². The lowest BCUT2D eigenvalue weighted by Gasteiger charge is -2.31. The Bertz CT molecular complexity index is 1120. The largest absolute Gasteiger partial charge is 0.352 e. The van der Waals surface area contributed by atoms with Crippen molar-refractivity contribution >= 4 is 34.2 Å². The van der Waals surface area contributed by atoms with Gasteiger partial charge in [-0.3, -0.25) is 9.59 Å². The van der Waals surface area contributed by atoms with Crippen molar-refractivity contribution in [2.75, 3.05) is 0 Å². The maximum Gasteiger partial charge on any atom is 0.243 e. The average molecular weight is 477 g/mol. The first kappa shape index (κ1) is 24.3. The number of benzene rings is 3. The summed E-state index contributed by atoms with van der Waals surface area (Å²) in [5.41, 5.74) is 2.12. The smallest absolute Gasteiger partial charge is 0.243 e. The number of nitrogens with one attached hydrogen (secondary N) is 1. The van der Waals surface area contributed by atoms with Crippen LogP contribution in [0.5, 0.6) is 0 Å². The number of hydrogen-bond acceptors (Lipinski definition) is 2. The number of nitrogens with zero attached hydrogens (tertiary/aromatic N) is 1. The molecule has 3 aromatic carbocycles. The van der Waals surface area contributed by atoms with Crippen LogP contribution in [0.4, 0.5) is 0 Å². The third-order valence-corrected chi connectivity index (χ3v) is 7.09. The van der Waals surface area contributed by atoms with Gasteiger partial charge in [-0.15, -0.1) is 0 Å². The number of fused-ring (bicyclic) bond motifs is 1. The zero-order chi connectivity index (χ0) is 23.9. The van der Waals surface area contributed by atoms with Gasteiger partial charge in [0.1, 0.15) is 6.04 Å². The van der Waals surface area contributed by atoms with Crippen molar-refractivity contribution in [1.82, 2.24) is 10.2 Å². The van der Waals surface area contributed by atoms with Gasteiger partial charge < -0.3 is 10.2 Å². The molecule has 1 N–H and O–H groups in total. The molecule has 0 unspecified atom stereocenters. The van der Waals surface area contributed by atoms with Crippen LogP contribution in [0, 0.1) is 0 Å². The maximum absolute atomic E-state index is 13.6. The second-order valence-corrected chi connectivity index (χ2v) is 9.64.